The van der Waals surface area contributed by atoms with Crippen LogP contribution in [0.4, 0.5) is 0 Å². The predicted molar refractivity (Wildman–Crippen MR) is 122 cm³/mol. The van der Waals surface area contributed by atoms with Gasteiger partial charge in [-0.15, -0.1) is 0 Å². The molecule has 1 heterocycles. The Kier molecular flexibility index (Phi) is 7.59. The molecule has 0 spiro atoms. The number of amides is 2. The largest absolute Gasteiger partial charge is 0.350 e. The number of hydrogen-bond donors (Lipinski definition) is 1. The molecule has 1 saturated heterocycles. The minimum Gasteiger partial charge on any atom is -0.350 e. The third kappa shape index (κ3) is 5.86. The first-order chi connectivity index (χ1) is 14.1. The Balaban J connectivity index is 2.07. The van der Waals surface area contributed by atoms with Gasteiger partial charge in [-0.2, -0.15) is 4.31 Å². The average Bonchev–Trinajstić information content (AvgIpc) is 2.64. The van der Waals surface area contributed by atoms with E-state index in [1.54, 1.807) is 7.05 Å². The van der Waals surface area contributed by atoms with E-state index >= 15 is 0 Å². The molecular weight excluding hydrogens is 414 g/mol. The van der Waals surface area contributed by atoms with Gasteiger partial charge in [-0.25, -0.2) is 8.42 Å². The van der Waals surface area contributed by atoms with Crippen molar-refractivity contribution in [1.82, 2.24) is 14.5 Å². The molecule has 31 heavy (non-hydrogen) atoms. The van der Waals surface area contributed by atoms with Crippen LogP contribution in [0.1, 0.15) is 55.9 Å². The minimum absolute atomic E-state index is 0.00439. The lowest BCUT2D eigenvalue weighted by Gasteiger charge is -2.33. The Labute approximate surface area is 187 Å². The highest BCUT2D eigenvalue weighted by atomic mass is 32.2. The maximum atomic E-state index is 13.4. The number of hydrogen-bond acceptors (Lipinski definition) is 4. The molecule has 0 unspecified atom stereocenters. The highest BCUT2D eigenvalue weighted by molar-refractivity contribution is 7.89. The molecule has 7 nitrogen and oxygen atoms in total. The molecule has 0 radical (unpaired) electrons. The average molecular weight is 452 g/mol. The van der Waals surface area contributed by atoms with Gasteiger partial charge in [-0.3, -0.25) is 9.59 Å². The third-order valence-electron chi connectivity index (χ3n) is 5.97. The van der Waals surface area contributed by atoms with Crippen LogP contribution in [0.15, 0.2) is 11.0 Å². The lowest BCUT2D eigenvalue weighted by atomic mass is 9.96. The van der Waals surface area contributed by atoms with E-state index in [9.17, 15) is 18.0 Å². The Morgan fingerprint density at radius 2 is 1.55 bits per heavy atom. The zero-order valence-electron chi connectivity index (χ0n) is 20.1. The van der Waals surface area contributed by atoms with Crippen LogP contribution >= 0.6 is 0 Å². The number of nitrogens with zero attached hydrogens (tertiary/aromatic N) is 2. The molecule has 8 heteroatoms. The molecule has 0 aliphatic carbocycles. The van der Waals surface area contributed by atoms with Crippen LogP contribution in [0.25, 0.3) is 0 Å². The summed E-state index contributed by atoms with van der Waals surface area (Å²) in [6, 6.07) is 2.01. The molecule has 1 aromatic rings. The fourth-order valence-corrected chi connectivity index (χ4v) is 6.15. The van der Waals surface area contributed by atoms with Gasteiger partial charge < -0.3 is 10.2 Å². The summed E-state index contributed by atoms with van der Waals surface area (Å²) in [6.07, 6.45) is 0.901. The fraction of sp³-hybridized carbons (Fsp3) is 0.652. The monoisotopic (exact) mass is 451 g/mol. The first-order valence-electron chi connectivity index (χ1n) is 10.8. The smallest absolute Gasteiger partial charge is 0.243 e. The summed E-state index contributed by atoms with van der Waals surface area (Å²) in [6.45, 7) is 13.8. The van der Waals surface area contributed by atoms with Gasteiger partial charge in [0, 0.05) is 31.6 Å². The van der Waals surface area contributed by atoms with Gasteiger partial charge in [0.2, 0.25) is 21.8 Å². The van der Waals surface area contributed by atoms with E-state index in [0.717, 1.165) is 22.3 Å². The second-order valence-corrected chi connectivity index (χ2v) is 11.6. The van der Waals surface area contributed by atoms with Gasteiger partial charge in [0.1, 0.15) is 0 Å². The topological polar surface area (TPSA) is 86.8 Å². The Morgan fingerprint density at radius 1 is 1.06 bits per heavy atom. The van der Waals surface area contributed by atoms with E-state index in [-0.39, 0.29) is 29.8 Å². The first-order valence-corrected chi connectivity index (χ1v) is 12.2. The highest BCUT2D eigenvalue weighted by Gasteiger charge is 2.35. The van der Waals surface area contributed by atoms with Gasteiger partial charge in [-0.05, 0) is 83.6 Å². The van der Waals surface area contributed by atoms with Crippen LogP contribution in [0.5, 0.6) is 0 Å². The number of sulfonamides is 1. The fourth-order valence-electron chi connectivity index (χ4n) is 4.10. The first kappa shape index (κ1) is 25.3. The van der Waals surface area contributed by atoms with Crippen molar-refractivity contribution >= 4 is 21.8 Å². The molecule has 0 atom stereocenters. The molecule has 0 aromatic heterocycles. The Hall–Kier alpha value is -1.93. The minimum atomic E-state index is -3.63. The van der Waals surface area contributed by atoms with Gasteiger partial charge >= 0.3 is 0 Å². The van der Waals surface area contributed by atoms with Crippen LogP contribution in [0.3, 0.4) is 0 Å². The number of nitrogens with one attached hydrogen (secondary N) is 1. The second-order valence-electron chi connectivity index (χ2n) is 9.76. The van der Waals surface area contributed by atoms with Crippen molar-refractivity contribution in [2.45, 2.75) is 71.7 Å². The van der Waals surface area contributed by atoms with Crippen molar-refractivity contribution in [2.24, 2.45) is 5.92 Å². The third-order valence-corrected chi connectivity index (χ3v) is 8.14. The van der Waals surface area contributed by atoms with Crippen LogP contribution in [-0.4, -0.2) is 61.7 Å². The maximum absolute atomic E-state index is 13.4. The number of piperidine rings is 1. The maximum Gasteiger partial charge on any atom is 0.243 e. The number of aryl methyl sites for hydroxylation is 2. The summed E-state index contributed by atoms with van der Waals surface area (Å²) >= 11 is 0. The van der Waals surface area contributed by atoms with Crippen molar-refractivity contribution in [3.05, 3.63) is 28.3 Å². The Bertz CT molecular complexity index is 930. The second kappa shape index (κ2) is 9.28. The SMILES string of the molecule is Cc1cc(C)c(C)c(S(=O)(=O)N2CCC(C(=O)N(C)CC(=O)NC(C)(C)C)CC2)c1C. The lowest BCUT2D eigenvalue weighted by molar-refractivity contribution is -0.139. The van der Waals surface area contributed by atoms with E-state index in [0.29, 0.717) is 30.8 Å². The molecule has 2 rings (SSSR count). The number of rotatable bonds is 5. The zero-order valence-corrected chi connectivity index (χ0v) is 20.9. The molecule has 0 saturated carbocycles. The van der Waals surface area contributed by atoms with Crippen LogP contribution in [-0.2, 0) is 19.6 Å². The van der Waals surface area contributed by atoms with Crippen molar-refractivity contribution in [3.8, 4) is 0 Å². The van der Waals surface area contributed by atoms with Crippen LogP contribution in [0.2, 0.25) is 0 Å². The van der Waals surface area contributed by atoms with Crippen molar-refractivity contribution in [1.29, 1.82) is 0 Å². The number of carbonyl (C=O) groups is 2. The van der Waals surface area contributed by atoms with Crippen LogP contribution < -0.4 is 5.32 Å². The molecule has 1 N–H and O–H groups in total. The quantitative estimate of drug-likeness (QED) is 0.746. The summed E-state index contributed by atoms with van der Waals surface area (Å²) in [5.41, 5.74) is 3.13. The molecule has 1 aliphatic rings. The highest BCUT2D eigenvalue weighted by Crippen LogP contribution is 2.31. The molecule has 1 fully saturated rings. The van der Waals surface area contributed by atoms with Crippen molar-refractivity contribution in [2.75, 3.05) is 26.7 Å². The van der Waals surface area contributed by atoms with Gasteiger partial charge in [0.25, 0.3) is 0 Å². The van der Waals surface area contributed by atoms with Crippen molar-refractivity contribution < 1.29 is 18.0 Å². The summed E-state index contributed by atoms with van der Waals surface area (Å²) in [7, 11) is -2.01. The summed E-state index contributed by atoms with van der Waals surface area (Å²) < 4.78 is 28.3. The molecular formula is C23H37N3O4S. The van der Waals surface area contributed by atoms with Crippen molar-refractivity contribution in [3.63, 3.8) is 0 Å². The Morgan fingerprint density at radius 3 is 2.00 bits per heavy atom. The number of benzene rings is 1. The zero-order chi connectivity index (χ0) is 23.7. The molecule has 1 aromatic carbocycles. The van der Waals surface area contributed by atoms with Gasteiger partial charge in [0.05, 0.1) is 11.4 Å². The predicted octanol–water partition coefficient (Wildman–Crippen LogP) is 2.69. The van der Waals surface area contributed by atoms with Gasteiger partial charge in [-0.1, -0.05) is 6.07 Å². The van der Waals surface area contributed by atoms with E-state index in [4.69, 9.17) is 0 Å². The lowest BCUT2D eigenvalue weighted by Crippen LogP contribution is -2.48. The van der Waals surface area contributed by atoms with Gasteiger partial charge in [0.15, 0.2) is 0 Å². The van der Waals surface area contributed by atoms with E-state index in [1.807, 2.05) is 54.5 Å². The number of likely N-dealkylation sites (N-methyl/N-ethyl adjacent to an activating group) is 1. The summed E-state index contributed by atoms with van der Waals surface area (Å²) in [5, 5.41) is 2.85. The van der Waals surface area contributed by atoms with E-state index in [2.05, 4.69) is 5.32 Å². The summed E-state index contributed by atoms with van der Waals surface area (Å²) in [5.74, 6) is -0.593. The molecule has 0 bridgehead atoms. The normalized spacial score (nSPS) is 16.3. The van der Waals surface area contributed by atoms with Crippen LogP contribution in [0, 0.1) is 33.6 Å². The summed E-state index contributed by atoms with van der Waals surface area (Å²) in [4.78, 5) is 26.8. The van der Waals surface area contributed by atoms with E-state index in [1.165, 1.54) is 9.21 Å². The molecule has 174 valence electrons. The molecule has 2 amide bonds. The van der Waals surface area contributed by atoms with E-state index < -0.39 is 10.0 Å². The molecule has 1 aliphatic heterocycles. The number of carbonyl (C=O) groups excluding carboxylic acids is 2. The standard InChI is InChI=1S/C23H37N3O4S/c1-15-13-16(2)18(4)21(17(15)3)31(29,30)26-11-9-19(10-12-26)22(28)25(8)14-20(27)24-23(5,6)7/h13,19H,9-12,14H2,1-8H3,(H,24,27).